The van der Waals surface area contributed by atoms with Crippen molar-refractivity contribution in [3.63, 3.8) is 0 Å². The van der Waals surface area contributed by atoms with Crippen LogP contribution in [0, 0.1) is 6.92 Å². The second-order valence-corrected chi connectivity index (χ2v) is 6.38. The summed E-state index contributed by atoms with van der Waals surface area (Å²) in [6.45, 7) is 1.87. The second-order valence-electron chi connectivity index (χ2n) is 4.30. The zero-order valence-corrected chi connectivity index (χ0v) is 12.6. The molecular formula is C14H12ClNO4S. The van der Waals surface area contributed by atoms with E-state index in [4.69, 9.17) is 11.6 Å². The summed E-state index contributed by atoms with van der Waals surface area (Å²) in [5, 5.41) is 0.408. The summed E-state index contributed by atoms with van der Waals surface area (Å²) in [5.74, 6) is -0.785. The van der Waals surface area contributed by atoms with Crippen LogP contribution < -0.4 is 4.89 Å². The Morgan fingerprint density at radius 1 is 1.05 bits per heavy atom. The molecule has 0 atom stereocenters. The summed E-state index contributed by atoms with van der Waals surface area (Å²) in [4.78, 5) is 18.1. The lowest BCUT2D eigenvalue weighted by Crippen LogP contribution is -2.27. The highest BCUT2D eigenvalue weighted by molar-refractivity contribution is 7.89. The molecule has 0 aliphatic carbocycles. The molecule has 0 bridgehead atoms. The third-order valence-electron chi connectivity index (χ3n) is 2.66. The lowest BCUT2D eigenvalue weighted by atomic mass is 10.2. The third-order valence-corrected chi connectivity index (χ3v) is 4.10. The number of hydrogen-bond acceptors (Lipinski definition) is 4. The first kappa shape index (κ1) is 15.5. The number of carbonyl (C=O) groups is 1. The summed E-state index contributed by atoms with van der Waals surface area (Å²) in [7, 11) is -3.94. The molecule has 2 rings (SSSR count). The van der Waals surface area contributed by atoms with Crippen molar-refractivity contribution in [3.05, 3.63) is 64.7 Å². The molecule has 0 aliphatic heterocycles. The standard InChI is InChI=1S/C14H12ClNO4S/c1-10-2-4-11(5-3-10)14(17)20-16-21(18,19)13-8-6-12(15)7-9-13/h2-9,16H,1H3. The minimum atomic E-state index is -3.94. The van der Waals surface area contributed by atoms with Crippen LogP contribution in [0.1, 0.15) is 15.9 Å². The number of hydrogen-bond donors (Lipinski definition) is 1. The fourth-order valence-electron chi connectivity index (χ4n) is 1.50. The van der Waals surface area contributed by atoms with Crippen LogP contribution >= 0.6 is 11.6 Å². The van der Waals surface area contributed by atoms with Crippen LogP contribution in [-0.4, -0.2) is 14.4 Å². The first-order chi connectivity index (χ1) is 9.88. The molecule has 7 heteroatoms. The second kappa shape index (κ2) is 6.26. The molecule has 0 heterocycles. The van der Waals surface area contributed by atoms with Crippen LogP contribution in [0.3, 0.4) is 0 Å². The van der Waals surface area contributed by atoms with Crippen LogP contribution in [0.2, 0.25) is 5.02 Å². The molecule has 5 nitrogen and oxygen atoms in total. The van der Waals surface area contributed by atoms with E-state index in [9.17, 15) is 13.2 Å². The van der Waals surface area contributed by atoms with Crippen molar-refractivity contribution < 1.29 is 18.0 Å². The zero-order chi connectivity index (χ0) is 15.5. The smallest absolute Gasteiger partial charge is 0.351 e. The molecule has 0 radical (unpaired) electrons. The van der Waals surface area contributed by atoms with E-state index in [1.54, 1.807) is 29.2 Å². The van der Waals surface area contributed by atoms with Gasteiger partial charge in [0.25, 0.3) is 10.0 Å². The average molecular weight is 326 g/mol. The fraction of sp³-hybridized carbons (Fsp3) is 0.0714. The van der Waals surface area contributed by atoms with Crippen molar-refractivity contribution in [1.29, 1.82) is 0 Å². The molecule has 0 aliphatic rings. The largest absolute Gasteiger partial charge is 0.357 e. The van der Waals surface area contributed by atoms with Crippen LogP contribution in [0.25, 0.3) is 0 Å². The SMILES string of the molecule is Cc1ccc(C(=O)ONS(=O)(=O)c2ccc(Cl)cc2)cc1. The molecular weight excluding hydrogens is 314 g/mol. The zero-order valence-electron chi connectivity index (χ0n) is 11.0. The molecule has 0 amide bonds. The molecule has 0 spiro atoms. The van der Waals surface area contributed by atoms with Gasteiger partial charge in [-0.25, -0.2) is 13.2 Å². The van der Waals surface area contributed by atoms with Gasteiger partial charge in [-0.2, -0.15) is 0 Å². The topological polar surface area (TPSA) is 72.5 Å². The Bertz CT molecular complexity index is 740. The van der Waals surface area contributed by atoms with Gasteiger partial charge in [0.2, 0.25) is 0 Å². The minimum absolute atomic E-state index is 0.0522. The number of nitrogens with one attached hydrogen (secondary N) is 1. The van der Waals surface area contributed by atoms with Crippen LogP contribution in [0.5, 0.6) is 0 Å². The van der Waals surface area contributed by atoms with Crippen molar-refractivity contribution in [2.45, 2.75) is 11.8 Å². The maximum absolute atomic E-state index is 11.9. The molecule has 0 unspecified atom stereocenters. The van der Waals surface area contributed by atoms with Gasteiger partial charge in [0.05, 0.1) is 10.5 Å². The Labute approximate surface area is 127 Å². The monoisotopic (exact) mass is 325 g/mol. The Balaban J connectivity index is 2.06. The van der Waals surface area contributed by atoms with E-state index in [1.807, 2.05) is 6.92 Å². The average Bonchev–Trinajstić information content (AvgIpc) is 2.46. The van der Waals surface area contributed by atoms with Gasteiger partial charge in [-0.3, -0.25) is 0 Å². The molecule has 2 aromatic rings. The van der Waals surface area contributed by atoms with Crippen LogP contribution in [0.4, 0.5) is 0 Å². The van der Waals surface area contributed by atoms with Gasteiger partial charge in [-0.05, 0) is 48.2 Å². The Kier molecular flexibility index (Phi) is 4.62. The van der Waals surface area contributed by atoms with E-state index < -0.39 is 16.0 Å². The quantitative estimate of drug-likeness (QED) is 0.877. The van der Waals surface area contributed by atoms with E-state index in [-0.39, 0.29) is 10.5 Å². The lowest BCUT2D eigenvalue weighted by Gasteiger charge is -2.07. The van der Waals surface area contributed by atoms with E-state index >= 15 is 0 Å². The molecule has 1 N–H and O–H groups in total. The first-order valence-corrected chi connectivity index (χ1v) is 7.80. The molecule has 0 fully saturated rings. The van der Waals surface area contributed by atoms with Gasteiger partial charge < -0.3 is 4.84 Å². The summed E-state index contributed by atoms with van der Waals surface area (Å²) < 4.78 is 23.8. The van der Waals surface area contributed by atoms with E-state index in [1.165, 1.54) is 24.3 Å². The van der Waals surface area contributed by atoms with E-state index in [2.05, 4.69) is 4.84 Å². The van der Waals surface area contributed by atoms with Gasteiger partial charge in [0, 0.05) is 5.02 Å². The number of carbonyl (C=O) groups excluding carboxylic acids is 1. The number of rotatable bonds is 4. The maximum atomic E-state index is 11.9. The lowest BCUT2D eigenvalue weighted by molar-refractivity contribution is 0.0407. The maximum Gasteiger partial charge on any atom is 0.357 e. The highest BCUT2D eigenvalue weighted by Crippen LogP contribution is 2.14. The van der Waals surface area contributed by atoms with Gasteiger partial charge in [-0.1, -0.05) is 29.3 Å². The Morgan fingerprint density at radius 2 is 1.62 bits per heavy atom. The molecule has 2 aromatic carbocycles. The number of benzene rings is 2. The molecule has 21 heavy (non-hydrogen) atoms. The fourth-order valence-corrected chi connectivity index (χ4v) is 2.41. The molecule has 0 saturated heterocycles. The summed E-state index contributed by atoms with van der Waals surface area (Å²) in [6.07, 6.45) is 0. The van der Waals surface area contributed by atoms with Gasteiger partial charge in [0.1, 0.15) is 0 Å². The Hall–Kier alpha value is -1.89. The van der Waals surface area contributed by atoms with Crippen molar-refractivity contribution in [3.8, 4) is 0 Å². The van der Waals surface area contributed by atoms with Crippen LogP contribution in [-0.2, 0) is 14.9 Å². The van der Waals surface area contributed by atoms with Crippen molar-refractivity contribution in [2.24, 2.45) is 0 Å². The van der Waals surface area contributed by atoms with Crippen molar-refractivity contribution in [1.82, 2.24) is 4.89 Å². The first-order valence-electron chi connectivity index (χ1n) is 5.94. The van der Waals surface area contributed by atoms with Crippen LogP contribution in [0.15, 0.2) is 53.4 Å². The molecule has 0 aromatic heterocycles. The number of aryl methyl sites for hydroxylation is 1. The predicted molar refractivity (Wildman–Crippen MR) is 78.4 cm³/mol. The van der Waals surface area contributed by atoms with E-state index in [0.717, 1.165) is 5.56 Å². The minimum Gasteiger partial charge on any atom is -0.351 e. The van der Waals surface area contributed by atoms with Crippen molar-refractivity contribution >= 4 is 27.6 Å². The Morgan fingerprint density at radius 3 is 2.19 bits per heavy atom. The predicted octanol–water partition coefficient (Wildman–Crippen LogP) is 2.70. The highest BCUT2D eigenvalue weighted by atomic mass is 35.5. The van der Waals surface area contributed by atoms with Gasteiger partial charge >= 0.3 is 5.97 Å². The van der Waals surface area contributed by atoms with Gasteiger partial charge in [0.15, 0.2) is 0 Å². The number of sulfonamides is 1. The molecule has 110 valence electrons. The summed E-state index contributed by atoms with van der Waals surface area (Å²) >= 11 is 5.68. The number of halogens is 1. The van der Waals surface area contributed by atoms with Crippen molar-refractivity contribution in [2.75, 3.05) is 0 Å². The summed E-state index contributed by atoms with van der Waals surface area (Å²) in [6, 6.07) is 12.0. The summed E-state index contributed by atoms with van der Waals surface area (Å²) in [5.41, 5.74) is 1.23. The normalized spacial score (nSPS) is 11.1. The molecule has 0 saturated carbocycles. The van der Waals surface area contributed by atoms with Gasteiger partial charge in [-0.15, -0.1) is 0 Å². The third kappa shape index (κ3) is 4.04. The highest BCUT2D eigenvalue weighted by Gasteiger charge is 2.17. The van der Waals surface area contributed by atoms with E-state index in [0.29, 0.717) is 5.02 Å².